The number of ether oxygens (including phenoxy) is 1. The Labute approximate surface area is 171 Å². The van der Waals surface area contributed by atoms with Gasteiger partial charge in [-0.1, -0.05) is 17.4 Å². The van der Waals surface area contributed by atoms with Gasteiger partial charge in [0.1, 0.15) is 0 Å². The number of phenolic OH excluding ortho intramolecular Hbond substituents is 1. The summed E-state index contributed by atoms with van der Waals surface area (Å²) in [6, 6.07) is 5.04. The topological polar surface area (TPSA) is 76.7 Å². The smallest absolute Gasteiger partial charge is 0.291 e. The third-order valence-corrected chi connectivity index (χ3v) is 8.16. The van der Waals surface area contributed by atoms with Gasteiger partial charge in [-0.3, -0.25) is 4.79 Å². The molecule has 7 heteroatoms. The lowest BCUT2D eigenvalue weighted by atomic mass is 9.49. The van der Waals surface area contributed by atoms with Gasteiger partial charge in [-0.15, -0.1) is 5.10 Å². The average molecular weight is 410 g/mol. The van der Waals surface area contributed by atoms with Crippen molar-refractivity contribution in [3.8, 4) is 11.5 Å². The van der Waals surface area contributed by atoms with Gasteiger partial charge in [-0.2, -0.15) is 4.52 Å². The quantitative estimate of drug-likeness (QED) is 0.720. The maximum absolute atomic E-state index is 13.0. The largest absolute Gasteiger partial charge is 0.504 e. The summed E-state index contributed by atoms with van der Waals surface area (Å²) in [5.41, 5.74) is 0.768. The van der Waals surface area contributed by atoms with E-state index in [4.69, 9.17) is 14.8 Å². The number of aromatic nitrogens is 3. The molecule has 0 radical (unpaired) electrons. The lowest BCUT2D eigenvalue weighted by molar-refractivity contribution is -0.00927. The number of fused-ring (bicyclic) bond motifs is 1. The Kier molecular flexibility index (Phi) is 3.64. The molecule has 2 heterocycles. The maximum Gasteiger partial charge on any atom is 0.291 e. The van der Waals surface area contributed by atoms with E-state index >= 15 is 0 Å². The zero-order valence-corrected chi connectivity index (χ0v) is 17.1. The van der Waals surface area contributed by atoms with Gasteiger partial charge >= 0.3 is 0 Å². The van der Waals surface area contributed by atoms with Crippen LogP contribution in [0.4, 0.5) is 0 Å². The molecule has 3 aromatic rings. The van der Waals surface area contributed by atoms with E-state index in [2.05, 4.69) is 0 Å². The van der Waals surface area contributed by atoms with E-state index in [9.17, 15) is 9.90 Å². The van der Waals surface area contributed by atoms with Crippen LogP contribution in [0.25, 0.3) is 11.0 Å². The number of thiazole rings is 1. The van der Waals surface area contributed by atoms with Crippen molar-refractivity contribution in [2.75, 3.05) is 7.11 Å². The fourth-order valence-electron chi connectivity index (χ4n) is 6.38. The van der Waals surface area contributed by atoms with E-state index in [0.29, 0.717) is 15.2 Å². The van der Waals surface area contributed by atoms with Gasteiger partial charge in [0, 0.05) is 5.41 Å². The second-order valence-corrected chi connectivity index (χ2v) is 10.2. The fourth-order valence-corrected chi connectivity index (χ4v) is 7.29. The number of nitrogens with zero attached hydrogens (tertiary/aromatic N) is 3. The molecule has 1 N–H and O–H groups in total. The van der Waals surface area contributed by atoms with Crippen molar-refractivity contribution < 1.29 is 9.84 Å². The monoisotopic (exact) mass is 409 g/mol. The van der Waals surface area contributed by atoms with Gasteiger partial charge in [0.05, 0.1) is 11.6 Å². The minimum atomic E-state index is -0.125. The average Bonchev–Trinajstić information content (AvgIpc) is 3.23. The molecule has 6 nitrogen and oxygen atoms in total. The number of hydrogen-bond acceptors (Lipinski definition) is 6. The molecule has 4 saturated carbocycles. The van der Waals surface area contributed by atoms with Crippen LogP contribution in [0.5, 0.6) is 11.5 Å². The molecule has 0 aliphatic heterocycles. The Morgan fingerprint density at radius 2 is 1.90 bits per heavy atom. The zero-order chi connectivity index (χ0) is 19.8. The first-order chi connectivity index (χ1) is 14.0. The highest BCUT2D eigenvalue weighted by Crippen LogP contribution is 2.60. The van der Waals surface area contributed by atoms with E-state index in [1.54, 1.807) is 24.3 Å². The third kappa shape index (κ3) is 2.63. The van der Waals surface area contributed by atoms with Gasteiger partial charge in [0.2, 0.25) is 4.96 Å². The Morgan fingerprint density at radius 3 is 2.52 bits per heavy atom. The number of aromatic hydroxyl groups is 1. The highest BCUT2D eigenvalue weighted by atomic mass is 32.1. The normalized spacial score (nSPS) is 31.1. The van der Waals surface area contributed by atoms with Gasteiger partial charge in [0.25, 0.3) is 5.56 Å². The molecule has 1 aromatic carbocycles. The van der Waals surface area contributed by atoms with Crippen molar-refractivity contribution in [2.24, 2.45) is 17.8 Å². The molecule has 0 atom stereocenters. The lowest BCUT2D eigenvalue weighted by Crippen LogP contribution is -2.49. The van der Waals surface area contributed by atoms with Crippen LogP contribution < -0.4 is 14.8 Å². The SMILES string of the molecule is COc1cc(/C=c2\sc3nc(C45CC6CC(CC(C6)C4)C5)nn3c2=O)ccc1O. The first kappa shape index (κ1) is 17.4. The van der Waals surface area contributed by atoms with Crippen LogP contribution >= 0.6 is 11.3 Å². The van der Waals surface area contributed by atoms with Gasteiger partial charge < -0.3 is 9.84 Å². The Morgan fingerprint density at radius 1 is 1.21 bits per heavy atom. The summed E-state index contributed by atoms with van der Waals surface area (Å²) in [6.45, 7) is 0. The standard InChI is InChI=1S/C22H23N3O3S/c1-28-17-7-12(2-3-16(17)26)8-18-19(27)25-21(29-18)23-20(24-25)22-9-13-4-14(10-22)6-15(5-13)11-22/h2-3,7-8,13-15,26H,4-6,9-11H2,1H3/b18-8-. The summed E-state index contributed by atoms with van der Waals surface area (Å²) >= 11 is 1.38. The van der Waals surface area contributed by atoms with E-state index in [1.807, 2.05) is 0 Å². The van der Waals surface area contributed by atoms with Crippen LogP contribution in [0.2, 0.25) is 0 Å². The molecule has 4 bridgehead atoms. The molecule has 0 amide bonds. The third-order valence-electron chi connectivity index (χ3n) is 7.20. The van der Waals surface area contributed by atoms with Crippen LogP contribution in [-0.2, 0) is 5.41 Å². The number of rotatable bonds is 3. The van der Waals surface area contributed by atoms with Crippen LogP contribution in [0.3, 0.4) is 0 Å². The van der Waals surface area contributed by atoms with E-state index in [1.165, 1.54) is 61.5 Å². The van der Waals surface area contributed by atoms with E-state index in [-0.39, 0.29) is 16.7 Å². The molecule has 0 saturated heterocycles. The summed E-state index contributed by atoms with van der Waals surface area (Å²) < 4.78 is 7.23. The van der Waals surface area contributed by atoms with E-state index < -0.39 is 0 Å². The molecular weight excluding hydrogens is 386 g/mol. The zero-order valence-electron chi connectivity index (χ0n) is 16.3. The minimum Gasteiger partial charge on any atom is -0.504 e. The van der Waals surface area contributed by atoms with Crippen LogP contribution in [0.1, 0.15) is 49.9 Å². The summed E-state index contributed by atoms with van der Waals surface area (Å²) in [7, 11) is 1.51. The van der Waals surface area contributed by atoms with Crippen LogP contribution in [-0.4, -0.2) is 26.8 Å². The number of phenols is 1. The van der Waals surface area contributed by atoms with Crippen molar-refractivity contribution in [2.45, 2.75) is 43.9 Å². The summed E-state index contributed by atoms with van der Waals surface area (Å²) in [5.74, 6) is 3.83. The van der Waals surface area contributed by atoms with Gasteiger partial charge in [-0.25, -0.2) is 4.98 Å². The molecule has 7 rings (SSSR count). The molecule has 0 spiro atoms. The number of methoxy groups -OCH3 is 1. The molecule has 150 valence electrons. The highest BCUT2D eigenvalue weighted by Gasteiger charge is 2.53. The summed E-state index contributed by atoms with van der Waals surface area (Å²) in [4.78, 5) is 18.5. The molecule has 4 fully saturated rings. The Hall–Kier alpha value is -2.41. The summed E-state index contributed by atoms with van der Waals surface area (Å²) in [6.07, 6.45) is 9.51. The number of hydrogen-bond donors (Lipinski definition) is 1. The first-order valence-electron chi connectivity index (χ1n) is 10.3. The molecule has 4 aliphatic carbocycles. The molecule has 4 aliphatic rings. The van der Waals surface area contributed by atoms with Crippen molar-refractivity contribution in [1.82, 2.24) is 14.6 Å². The van der Waals surface area contributed by atoms with E-state index in [0.717, 1.165) is 29.1 Å². The predicted octanol–water partition coefficient (Wildman–Crippen LogP) is 2.88. The molecule has 0 unspecified atom stereocenters. The minimum absolute atomic E-state index is 0.0786. The van der Waals surface area contributed by atoms with Crippen LogP contribution in [0, 0.1) is 17.8 Å². The van der Waals surface area contributed by atoms with Crippen LogP contribution in [0.15, 0.2) is 23.0 Å². The predicted molar refractivity (Wildman–Crippen MR) is 110 cm³/mol. The Bertz CT molecular complexity index is 1190. The second-order valence-electron chi connectivity index (χ2n) is 9.17. The lowest BCUT2D eigenvalue weighted by Gasteiger charge is -2.55. The van der Waals surface area contributed by atoms with Gasteiger partial charge in [0.15, 0.2) is 17.3 Å². The van der Waals surface area contributed by atoms with Crippen molar-refractivity contribution in [3.63, 3.8) is 0 Å². The molecule has 29 heavy (non-hydrogen) atoms. The first-order valence-corrected chi connectivity index (χ1v) is 11.1. The number of benzene rings is 1. The Balaban J connectivity index is 1.40. The maximum atomic E-state index is 13.0. The highest BCUT2D eigenvalue weighted by molar-refractivity contribution is 7.15. The van der Waals surface area contributed by atoms with Crippen molar-refractivity contribution in [1.29, 1.82) is 0 Å². The van der Waals surface area contributed by atoms with Crippen molar-refractivity contribution >= 4 is 22.4 Å². The second kappa shape index (κ2) is 6.05. The molecular formula is C22H23N3O3S. The molecule has 2 aromatic heterocycles. The fraction of sp³-hybridized carbons (Fsp3) is 0.500. The van der Waals surface area contributed by atoms with Crippen molar-refractivity contribution in [3.05, 3.63) is 44.5 Å². The van der Waals surface area contributed by atoms with Gasteiger partial charge in [-0.05, 0) is 80.1 Å². The summed E-state index contributed by atoms with van der Waals surface area (Å²) in [5, 5.41) is 14.5.